The average Bonchev–Trinajstić information content (AvgIpc) is 2.50. The van der Waals surface area contributed by atoms with E-state index in [1.54, 1.807) is 24.3 Å². The number of carbonyl (C=O) groups is 4. The molecule has 21 heavy (non-hydrogen) atoms. The van der Waals surface area contributed by atoms with Crippen molar-refractivity contribution in [2.75, 3.05) is 0 Å². The van der Waals surface area contributed by atoms with E-state index in [1.807, 2.05) is 27.2 Å². The molecule has 0 N–H and O–H groups in total. The van der Waals surface area contributed by atoms with Gasteiger partial charge >= 0.3 is 0 Å². The Bertz CT molecular complexity index is 208. The molecular formula is C12H20N4O4W. The van der Waals surface area contributed by atoms with Crippen LogP contribution in [0, 0.1) is 45.3 Å². The van der Waals surface area contributed by atoms with Gasteiger partial charge in [-0.3, -0.25) is 0 Å². The molecule has 0 radical (unpaired) electrons. The summed E-state index contributed by atoms with van der Waals surface area (Å²) in [6.07, 6.45) is 0. The Morgan fingerprint density at radius 3 is 0.476 bits per heavy atom. The van der Waals surface area contributed by atoms with Gasteiger partial charge in [0.25, 0.3) is 0 Å². The summed E-state index contributed by atoms with van der Waals surface area (Å²) in [5.41, 5.74) is 0. The molecule has 0 rings (SSSR count). The van der Waals surface area contributed by atoms with E-state index in [2.05, 4.69) is 0 Å². The molecule has 0 aliphatic rings. The average molecular weight is 468 g/mol. The van der Waals surface area contributed by atoms with Gasteiger partial charge in [-0.1, -0.05) is 0 Å². The molecule has 0 aliphatic heterocycles. The molecule has 0 atom stereocenters. The predicted octanol–water partition coefficient (Wildman–Crippen LogP) is 1.38. The summed E-state index contributed by atoms with van der Waals surface area (Å²) in [4.78, 5) is 32.0. The molecule has 0 aromatic carbocycles. The summed E-state index contributed by atoms with van der Waals surface area (Å²) in [7, 11) is 0. The maximum atomic E-state index is 8.00. The monoisotopic (exact) mass is 468 g/mol. The Hall–Kier alpha value is -2.67. The molecule has 0 saturated heterocycles. The second-order valence-corrected chi connectivity index (χ2v) is 0.894. The van der Waals surface area contributed by atoms with Crippen LogP contribution in [-0.2, 0) is 40.2 Å². The quantitative estimate of drug-likeness (QED) is 0.515. The number of hydrogen-bond acceptors (Lipinski definition) is 8. The maximum absolute atomic E-state index is 8.00. The zero-order valence-corrected chi connectivity index (χ0v) is 15.6. The van der Waals surface area contributed by atoms with E-state index < -0.39 is 0 Å². The minimum atomic E-state index is 0. The normalized spacial score (nSPS) is 2.29. The predicted molar refractivity (Wildman–Crippen MR) is 73.6 cm³/mol. The SMILES string of the molecule is C=O.C=O.C=O.C=O.CC#N.CC#N.CC#N.CC#N.[W]. The summed E-state index contributed by atoms with van der Waals surface area (Å²) in [5, 5.41) is 29.3. The fourth-order valence-corrected chi connectivity index (χ4v) is 0. The van der Waals surface area contributed by atoms with Gasteiger partial charge < -0.3 is 19.2 Å². The van der Waals surface area contributed by atoms with Crippen molar-refractivity contribution in [1.82, 2.24) is 0 Å². The zero-order valence-electron chi connectivity index (χ0n) is 12.7. The fourth-order valence-electron chi connectivity index (χ4n) is 0. The van der Waals surface area contributed by atoms with Gasteiger partial charge in [0.05, 0.1) is 24.3 Å². The van der Waals surface area contributed by atoms with Gasteiger partial charge in [0.15, 0.2) is 0 Å². The second-order valence-electron chi connectivity index (χ2n) is 0.894. The van der Waals surface area contributed by atoms with E-state index >= 15 is 0 Å². The van der Waals surface area contributed by atoms with Crippen molar-refractivity contribution < 1.29 is 40.2 Å². The van der Waals surface area contributed by atoms with Gasteiger partial charge in [-0.05, 0) is 0 Å². The number of nitrogens with zero attached hydrogens (tertiary/aromatic N) is 4. The summed E-state index contributed by atoms with van der Waals surface area (Å²) in [6.45, 7) is 13.7. The molecule has 0 unspecified atom stereocenters. The van der Waals surface area contributed by atoms with E-state index in [4.69, 9.17) is 40.2 Å². The van der Waals surface area contributed by atoms with Crippen LogP contribution in [0.4, 0.5) is 0 Å². The third-order valence-electron chi connectivity index (χ3n) is 0. The van der Waals surface area contributed by atoms with Crippen molar-refractivity contribution in [1.29, 1.82) is 21.0 Å². The Labute approximate surface area is 140 Å². The molecule has 8 nitrogen and oxygen atoms in total. The molecule has 118 valence electrons. The van der Waals surface area contributed by atoms with Gasteiger partial charge in [-0.15, -0.1) is 0 Å². The van der Waals surface area contributed by atoms with Gasteiger partial charge in [-0.2, -0.15) is 21.0 Å². The Morgan fingerprint density at radius 2 is 0.476 bits per heavy atom. The van der Waals surface area contributed by atoms with Crippen molar-refractivity contribution in [3.8, 4) is 24.3 Å². The summed E-state index contributed by atoms with van der Waals surface area (Å²) in [5.74, 6) is 0. The van der Waals surface area contributed by atoms with Crippen LogP contribution in [-0.4, -0.2) is 27.2 Å². The van der Waals surface area contributed by atoms with Crippen molar-refractivity contribution >= 4 is 27.2 Å². The van der Waals surface area contributed by atoms with Crippen molar-refractivity contribution in [3.05, 3.63) is 0 Å². The number of carbonyl (C=O) groups excluding carboxylic acids is 4. The first kappa shape index (κ1) is 63.2. The van der Waals surface area contributed by atoms with Crippen LogP contribution in [0.15, 0.2) is 0 Å². The molecule has 0 fully saturated rings. The first-order valence-electron chi connectivity index (χ1n) is 4.05. The van der Waals surface area contributed by atoms with E-state index in [0.29, 0.717) is 0 Å². The minimum Gasteiger partial charge on any atom is -0.307 e. The van der Waals surface area contributed by atoms with Crippen LogP contribution >= 0.6 is 0 Å². The van der Waals surface area contributed by atoms with Crippen LogP contribution in [0.1, 0.15) is 27.7 Å². The Morgan fingerprint density at radius 1 is 0.476 bits per heavy atom. The topological polar surface area (TPSA) is 163 Å². The molecule has 0 aromatic heterocycles. The largest absolute Gasteiger partial charge is 0.307 e. The van der Waals surface area contributed by atoms with Crippen LogP contribution in [0.3, 0.4) is 0 Å². The third kappa shape index (κ3) is 570. The molecule has 9 heteroatoms. The molecule has 0 saturated carbocycles. The molecular weight excluding hydrogens is 448 g/mol. The summed E-state index contributed by atoms with van der Waals surface area (Å²) >= 11 is 0. The maximum Gasteiger partial charge on any atom is 0.106 e. The molecule has 0 amide bonds. The summed E-state index contributed by atoms with van der Waals surface area (Å²) < 4.78 is 0. The fraction of sp³-hybridized carbons (Fsp3) is 0.333. The minimum absolute atomic E-state index is 0. The first-order chi connectivity index (χ1) is 9.66. The molecule has 0 spiro atoms. The van der Waals surface area contributed by atoms with Crippen LogP contribution < -0.4 is 0 Å². The van der Waals surface area contributed by atoms with Crippen molar-refractivity contribution in [2.24, 2.45) is 0 Å². The van der Waals surface area contributed by atoms with Gasteiger partial charge in [-0.25, -0.2) is 0 Å². The summed E-state index contributed by atoms with van der Waals surface area (Å²) in [6, 6.07) is 7.00. The molecule has 0 aromatic rings. The van der Waals surface area contributed by atoms with Crippen molar-refractivity contribution in [3.63, 3.8) is 0 Å². The van der Waals surface area contributed by atoms with E-state index in [1.165, 1.54) is 27.7 Å². The van der Waals surface area contributed by atoms with Gasteiger partial charge in [0, 0.05) is 48.8 Å². The first-order valence-corrected chi connectivity index (χ1v) is 4.05. The van der Waals surface area contributed by atoms with Crippen LogP contribution in [0.5, 0.6) is 0 Å². The van der Waals surface area contributed by atoms with Crippen molar-refractivity contribution in [2.45, 2.75) is 27.7 Å². The Kier molecular flexibility index (Phi) is 7890. The smallest absolute Gasteiger partial charge is 0.106 e. The van der Waals surface area contributed by atoms with E-state index in [-0.39, 0.29) is 21.1 Å². The van der Waals surface area contributed by atoms with Crippen LogP contribution in [0.2, 0.25) is 0 Å². The van der Waals surface area contributed by atoms with E-state index in [9.17, 15) is 0 Å². The molecule has 0 heterocycles. The number of hydrogen-bond donors (Lipinski definition) is 0. The molecule has 0 aliphatic carbocycles. The standard InChI is InChI=1S/4C2H3N.4CH2O.W/c4*1-2-3;4*1-2;/h4*1H3;4*1H2;. The van der Waals surface area contributed by atoms with Gasteiger partial charge in [0.1, 0.15) is 27.2 Å². The number of nitriles is 4. The molecule has 0 bridgehead atoms. The second kappa shape index (κ2) is 2620. The Balaban J connectivity index is -0.0000000112. The third-order valence-corrected chi connectivity index (χ3v) is 0. The van der Waals surface area contributed by atoms with Crippen LogP contribution in [0.25, 0.3) is 0 Å². The van der Waals surface area contributed by atoms with Gasteiger partial charge in [0.2, 0.25) is 0 Å². The number of rotatable bonds is 0. The van der Waals surface area contributed by atoms with E-state index in [0.717, 1.165) is 0 Å². The zero-order chi connectivity index (χ0) is 18.8.